The fourth-order valence-corrected chi connectivity index (χ4v) is 2.06. The van der Waals surface area contributed by atoms with E-state index in [9.17, 15) is 13.2 Å². The number of H-pyrrole nitrogens is 1. The second-order valence-corrected chi connectivity index (χ2v) is 4.94. The molecule has 1 aromatic carbocycles. The van der Waals surface area contributed by atoms with Gasteiger partial charge in [-0.05, 0) is 23.8 Å². The first-order valence-corrected chi connectivity index (χ1v) is 6.38. The zero-order valence-electron chi connectivity index (χ0n) is 10.1. The van der Waals surface area contributed by atoms with E-state index < -0.39 is 11.7 Å². The van der Waals surface area contributed by atoms with Gasteiger partial charge in [0.05, 0.1) is 5.56 Å². The number of anilines is 1. The fraction of sp³-hybridized carbons (Fsp3) is 0.154. The first-order chi connectivity index (χ1) is 9.36. The third kappa shape index (κ3) is 3.77. The monoisotopic (exact) mass is 321 g/mol. The Labute approximate surface area is 123 Å². The molecule has 0 bridgehead atoms. The van der Waals surface area contributed by atoms with Crippen LogP contribution >= 0.6 is 23.2 Å². The third-order valence-electron chi connectivity index (χ3n) is 2.58. The van der Waals surface area contributed by atoms with Gasteiger partial charge in [-0.1, -0.05) is 35.3 Å². The molecule has 2 rings (SSSR count). The molecule has 0 saturated heterocycles. The van der Waals surface area contributed by atoms with Crippen LogP contribution in [0.15, 0.2) is 36.5 Å². The molecule has 7 heteroatoms. The number of hydrogen-bond acceptors (Lipinski definition) is 1. The summed E-state index contributed by atoms with van der Waals surface area (Å²) in [5, 5.41) is 3.49. The van der Waals surface area contributed by atoms with Crippen molar-refractivity contribution >= 4 is 29.0 Å². The van der Waals surface area contributed by atoms with Crippen molar-refractivity contribution in [1.29, 1.82) is 0 Å². The highest BCUT2D eigenvalue weighted by Gasteiger charge is 2.32. The molecule has 0 aliphatic heterocycles. The topological polar surface area (TPSA) is 26.2 Å². The molecule has 2 aromatic rings. The Morgan fingerprint density at radius 2 is 1.90 bits per heavy atom. The second-order valence-electron chi connectivity index (χ2n) is 4.09. The lowest BCUT2D eigenvalue weighted by atomic mass is 10.2. The van der Waals surface area contributed by atoms with E-state index in [1.165, 1.54) is 0 Å². The number of alkyl halides is 3. The number of benzene rings is 1. The Balaban J connectivity index is 2.11. The standard InChI is InChI=1S/C13H9Cl2F3N2/c14-10-3-1-2-8(4-10)6-19-12-11(15)5-9(7-20-12)13(16,17)18/h1-5,7H,6H2,(H,19,20)/p+1. The minimum Gasteiger partial charge on any atom is -0.269 e. The van der Waals surface area contributed by atoms with Gasteiger partial charge in [0.2, 0.25) is 0 Å². The molecule has 0 amide bonds. The summed E-state index contributed by atoms with van der Waals surface area (Å²) in [6, 6.07) is 8.00. The molecule has 0 saturated carbocycles. The summed E-state index contributed by atoms with van der Waals surface area (Å²) in [7, 11) is 0. The molecule has 0 aliphatic carbocycles. The van der Waals surface area contributed by atoms with Crippen molar-refractivity contribution in [3.05, 3.63) is 57.7 Å². The van der Waals surface area contributed by atoms with E-state index in [2.05, 4.69) is 10.3 Å². The van der Waals surface area contributed by atoms with Gasteiger partial charge >= 0.3 is 6.18 Å². The lowest BCUT2D eigenvalue weighted by Crippen LogP contribution is -2.17. The number of aromatic amines is 1. The van der Waals surface area contributed by atoms with E-state index in [1.54, 1.807) is 18.2 Å². The van der Waals surface area contributed by atoms with Crippen LogP contribution in [0.25, 0.3) is 0 Å². The SMILES string of the molecule is FC(F)(F)c1c[nH+]c(NCc2cccc(Cl)c2)c(Cl)c1. The number of halogens is 5. The minimum absolute atomic E-state index is 0.0261. The van der Waals surface area contributed by atoms with Crippen molar-refractivity contribution in [2.75, 3.05) is 5.32 Å². The summed E-state index contributed by atoms with van der Waals surface area (Å²) >= 11 is 11.7. The van der Waals surface area contributed by atoms with Gasteiger partial charge in [0.15, 0.2) is 0 Å². The van der Waals surface area contributed by atoms with Gasteiger partial charge in [-0.15, -0.1) is 0 Å². The molecule has 2 nitrogen and oxygen atoms in total. The van der Waals surface area contributed by atoms with Gasteiger partial charge in [-0.2, -0.15) is 13.2 Å². The molecular weight excluding hydrogens is 312 g/mol. The molecule has 0 fully saturated rings. The first-order valence-electron chi connectivity index (χ1n) is 5.63. The van der Waals surface area contributed by atoms with Crippen molar-refractivity contribution in [2.45, 2.75) is 12.7 Å². The average Bonchev–Trinajstić information content (AvgIpc) is 2.36. The second kappa shape index (κ2) is 5.89. The van der Waals surface area contributed by atoms with Crippen molar-refractivity contribution in [3.63, 3.8) is 0 Å². The normalized spacial score (nSPS) is 11.4. The van der Waals surface area contributed by atoms with Gasteiger partial charge in [-0.25, -0.2) is 4.98 Å². The van der Waals surface area contributed by atoms with Crippen LogP contribution in [0.2, 0.25) is 10.0 Å². The average molecular weight is 322 g/mol. The van der Waals surface area contributed by atoms with Gasteiger partial charge in [0, 0.05) is 5.02 Å². The summed E-state index contributed by atoms with van der Waals surface area (Å²) in [4.78, 5) is 2.50. The molecule has 20 heavy (non-hydrogen) atoms. The maximum atomic E-state index is 12.5. The molecule has 0 unspecified atom stereocenters. The fourth-order valence-electron chi connectivity index (χ4n) is 1.61. The van der Waals surface area contributed by atoms with Crippen molar-refractivity contribution < 1.29 is 18.2 Å². The van der Waals surface area contributed by atoms with Crippen LogP contribution in [0.3, 0.4) is 0 Å². The highest BCUT2D eigenvalue weighted by molar-refractivity contribution is 6.32. The van der Waals surface area contributed by atoms with Crippen LogP contribution in [0.1, 0.15) is 11.1 Å². The van der Waals surface area contributed by atoms with Crippen LogP contribution < -0.4 is 10.3 Å². The molecule has 2 N–H and O–H groups in total. The smallest absolute Gasteiger partial charge is 0.269 e. The summed E-state index contributed by atoms with van der Waals surface area (Å²) in [5.74, 6) is 0.319. The number of nitrogens with one attached hydrogen (secondary N) is 2. The Morgan fingerprint density at radius 1 is 1.15 bits per heavy atom. The van der Waals surface area contributed by atoms with Crippen LogP contribution in [-0.4, -0.2) is 0 Å². The molecule has 1 heterocycles. The predicted octanol–water partition coefficient (Wildman–Crippen LogP) is 4.44. The predicted molar refractivity (Wildman–Crippen MR) is 71.8 cm³/mol. The van der Waals surface area contributed by atoms with Gasteiger partial charge in [0.1, 0.15) is 17.8 Å². The lowest BCUT2D eigenvalue weighted by molar-refractivity contribution is -0.364. The molecule has 0 radical (unpaired) electrons. The molecule has 0 atom stereocenters. The van der Waals surface area contributed by atoms with Crippen LogP contribution in [0.5, 0.6) is 0 Å². The van der Waals surface area contributed by atoms with E-state index in [0.717, 1.165) is 17.8 Å². The molecule has 0 aliphatic rings. The first kappa shape index (κ1) is 14.9. The van der Waals surface area contributed by atoms with E-state index in [1.807, 2.05) is 6.07 Å². The van der Waals surface area contributed by atoms with Crippen molar-refractivity contribution in [1.82, 2.24) is 0 Å². The Bertz CT molecular complexity index is 615. The van der Waals surface area contributed by atoms with E-state index in [4.69, 9.17) is 23.2 Å². The number of pyridine rings is 1. The largest absolute Gasteiger partial charge is 0.419 e. The quantitative estimate of drug-likeness (QED) is 0.888. The van der Waals surface area contributed by atoms with Crippen LogP contribution in [-0.2, 0) is 12.7 Å². The van der Waals surface area contributed by atoms with Crippen molar-refractivity contribution in [2.24, 2.45) is 0 Å². The van der Waals surface area contributed by atoms with E-state index in [-0.39, 0.29) is 5.02 Å². The molecule has 106 valence electrons. The molecule has 1 aromatic heterocycles. The lowest BCUT2D eigenvalue weighted by Gasteiger charge is -2.07. The molecule has 0 spiro atoms. The summed E-state index contributed by atoms with van der Waals surface area (Å²) in [6.45, 7) is 0.391. The third-order valence-corrected chi connectivity index (χ3v) is 3.11. The highest BCUT2D eigenvalue weighted by Crippen LogP contribution is 2.31. The number of aromatic nitrogens is 1. The van der Waals surface area contributed by atoms with E-state index >= 15 is 0 Å². The van der Waals surface area contributed by atoms with Crippen LogP contribution in [0, 0.1) is 0 Å². The number of hydrogen-bond donors (Lipinski definition) is 1. The Hall–Kier alpha value is -1.46. The summed E-state index contributed by atoms with van der Waals surface area (Å²) < 4.78 is 37.4. The van der Waals surface area contributed by atoms with Crippen molar-refractivity contribution in [3.8, 4) is 0 Å². The van der Waals surface area contributed by atoms with Gasteiger partial charge in [0.25, 0.3) is 5.82 Å². The van der Waals surface area contributed by atoms with Gasteiger partial charge < -0.3 is 0 Å². The summed E-state index contributed by atoms with van der Waals surface area (Å²) in [6.07, 6.45) is -3.56. The summed E-state index contributed by atoms with van der Waals surface area (Å²) in [5.41, 5.74) is 0.0673. The van der Waals surface area contributed by atoms with Crippen LogP contribution in [0.4, 0.5) is 19.0 Å². The maximum absolute atomic E-state index is 12.5. The Morgan fingerprint density at radius 3 is 2.50 bits per heavy atom. The Kier molecular flexibility index (Phi) is 4.40. The molecular formula is C13H10Cl2F3N2+. The highest BCUT2D eigenvalue weighted by atomic mass is 35.5. The minimum atomic E-state index is -4.42. The van der Waals surface area contributed by atoms with E-state index in [0.29, 0.717) is 17.4 Å². The number of rotatable bonds is 3. The zero-order chi connectivity index (χ0) is 14.8. The zero-order valence-corrected chi connectivity index (χ0v) is 11.6. The maximum Gasteiger partial charge on any atom is 0.419 e. The van der Waals surface area contributed by atoms with Gasteiger partial charge in [-0.3, -0.25) is 5.32 Å².